The molecule has 23 heavy (non-hydrogen) atoms. The quantitative estimate of drug-likeness (QED) is 0.713. The average molecular weight is 358 g/mol. The van der Waals surface area contributed by atoms with E-state index in [1.54, 1.807) is 37.3 Å². The first-order valence-corrected chi connectivity index (χ1v) is 9.27. The van der Waals surface area contributed by atoms with Gasteiger partial charge in [0.05, 0.1) is 0 Å². The Morgan fingerprint density at radius 1 is 0.870 bits per heavy atom. The summed E-state index contributed by atoms with van der Waals surface area (Å²) in [6.07, 6.45) is 0. The van der Waals surface area contributed by atoms with E-state index in [2.05, 4.69) is 0 Å². The SMILES string of the molecule is CC(c1ccccc1)c1ccc(S(=O)(=O)O)c(O)c1S(=O)(=O)O. The van der Waals surface area contributed by atoms with Gasteiger partial charge in [-0.2, -0.15) is 16.8 Å². The van der Waals surface area contributed by atoms with Crippen LogP contribution in [0.4, 0.5) is 0 Å². The summed E-state index contributed by atoms with van der Waals surface area (Å²) in [7, 11) is -9.77. The van der Waals surface area contributed by atoms with E-state index in [4.69, 9.17) is 4.55 Å². The van der Waals surface area contributed by atoms with E-state index in [-0.39, 0.29) is 5.56 Å². The molecule has 2 aromatic rings. The third-order valence-corrected chi connectivity index (χ3v) is 5.26. The van der Waals surface area contributed by atoms with E-state index >= 15 is 0 Å². The normalized spacial score (nSPS) is 13.7. The molecule has 7 nitrogen and oxygen atoms in total. The molecule has 0 aliphatic rings. The predicted octanol–water partition coefficient (Wildman–Crippen LogP) is 2.04. The van der Waals surface area contributed by atoms with Crippen molar-refractivity contribution in [2.75, 3.05) is 0 Å². The highest BCUT2D eigenvalue weighted by molar-refractivity contribution is 7.87. The monoisotopic (exact) mass is 358 g/mol. The van der Waals surface area contributed by atoms with E-state index < -0.39 is 41.7 Å². The third-order valence-electron chi connectivity index (χ3n) is 3.43. The second kappa shape index (κ2) is 5.93. The molecule has 124 valence electrons. The second-order valence-corrected chi connectivity index (χ2v) is 7.66. The smallest absolute Gasteiger partial charge is 0.298 e. The van der Waals surface area contributed by atoms with Gasteiger partial charge in [0, 0.05) is 5.92 Å². The minimum Gasteiger partial charge on any atom is -0.505 e. The highest BCUT2D eigenvalue weighted by Gasteiger charge is 2.30. The molecule has 0 radical (unpaired) electrons. The maximum Gasteiger partial charge on any atom is 0.298 e. The van der Waals surface area contributed by atoms with Gasteiger partial charge in [0.1, 0.15) is 9.79 Å². The maximum absolute atomic E-state index is 11.6. The molecule has 3 N–H and O–H groups in total. The van der Waals surface area contributed by atoms with Crippen LogP contribution < -0.4 is 0 Å². The molecule has 0 fully saturated rings. The van der Waals surface area contributed by atoms with Crippen molar-refractivity contribution in [3.63, 3.8) is 0 Å². The van der Waals surface area contributed by atoms with Gasteiger partial charge in [-0.05, 0) is 17.2 Å². The van der Waals surface area contributed by atoms with Crippen molar-refractivity contribution in [3.05, 3.63) is 53.6 Å². The molecule has 2 rings (SSSR count). The fourth-order valence-corrected chi connectivity index (χ4v) is 3.86. The number of phenols is 1. The van der Waals surface area contributed by atoms with Crippen molar-refractivity contribution in [2.45, 2.75) is 22.6 Å². The lowest BCUT2D eigenvalue weighted by molar-refractivity contribution is 0.420. The molecule has 0 aliphatic heterocycles. The number of benzene rings is 2. The Morgan fingerprint density at radius 3 is 1.91 bits per heavy atom. The summed E-state index contributed by atoms with van der Waals surface area (Å²) in [6, 6.07) is 10.7. The van der Waals surface area contributed by atoms with Gasteiger partial charge in [0.15, 0.2) is 5.75 Å². The van der Waals surface area contributed by atoms with Gasteiger partial charge in [-0.1, -0.05) is 43.3 Å². The third kappa shape index (κ3) is 3.53. The number of hydrogen-bond donors (Lipinski definition) is 3. The van der Waals surface area contributed by atoms with Crippen LogP contribution in [0.5, 0.6) is 5.75 Å². The lowest BCUT2D eigenvalue weighted by atomic mass is 9.93. The van der Waals surface area contributed by atoms with Gasteiger partial charge < -0.3 is 5.11 Å². The molecule has 0 bridgehead atoms. The first kappa shape index (κ1) is 17.4. The Bertz CT molecular complexity index is 933. The summed E-state index contributed by atoms with van der Waals surface area (Å²) in [5.41, 5.74) is 0.694. The molecule has 0 aliphatic carbocycles. The summed E-state index contributed by atoms with van der Waals surface area (Å²) in [5, 5.41) is 9.96. The molecule has 0 saturated carbocycles. The first-order valence-electron chi connectivity index (χ1n) is 6.39. The van der Waals surface area contributed by atoms with Crippen molar-refractivity contribution in [3.8, 4) is 5.75 Å². The van der Waals surface area contributed by atoms with Gasteiger partial charge in [-0.3, -0.25) is 9.11 Å². The van der Waals surface area contributed by atoms with Gasteiger partial charge in [-0.15, -0.1) is 0 Å². The Kier molecular flexibility index (Phi) is 4.49. The van der Waals surface area contributed by atoms with Crippen LogP contribution in [0.3, 0.4) is 0 Å². The first-order chi connectivity index (χ1) is 10.5. The maximum atomic E-state index is 11.6. The van der Waals surface area contributed by atoms with Crippen LogP contribution in [0.25, 0.3) is 0 Å². The van der Waals surface area contributed by atoms with Crippen molar-refractivity contribution in [2.24, 2.45) is 0 Å². The van der Waals surface area contributed by atoms with Crippen LogP contribution in [0.2, 0.25) is 0 Å². The largest absolute Gasteiger partial charge is 0.505 e. The molecule has 2 aromatic carbocycles. The molecular formula is C14H14O7S2. The molecule has 1 unspecified atom stereocenters. The standard InChI is InChI=1S/C14H14O7S2/c1-9(10-5-3-2-4-6-10)11-7-8-12(22(16,17)18)13(15)14(11)23(19,20)21/h2-9,15H,1H3,(H,16,17,18)(H,19,20,21). The number of phenolic OH excluding ortho intramolecular Hbond substituents is 1. The van der Waals surface area contributed by atoms with Crippen molar-refractivity contribution in [1.82, 2.24) is 0 Å². The van der Waals surface area contributed by atoms with Crippen LogP contribution in [0.1, 0.15) is 24.0 Å². The second-order valence-electron chi connectivity index (χ2n) is 4.91. The molecule has 0 saturated heterocycles. The van der Waals surface area contributed by atoms with E-state index in [0.717, 1.165) is 12.1 Å². The van der Waals surface area contributed by atoms with Crippen LogP contribution in [0.15, 0.2) is 52.3 Å². The highest BCUT2D eigenvalue weighted by Crippen LogP contribution is 2.38. The Balaban J connectivity index is 2.78. The van der Waals surface area contributed by atoms with Gasteiger partial charge >= 0.3 is 0 Å². The van der Waals surface area contributed by atoms with Crippen LogP contribution in [-0.4, -0.2) is 31.0 Å². The zero-order valence-corrected chi connectivity index (χ0v) is 13.5. The number of hydrogen-bond acceptors (Lipinski definition) is 5. The summed E-state index contributed by atoms with van der Waals surface area (Å²) in [4.78, 5) is -1.93. The Labute approximate surface area is 133 Å². The minimum absolute atomic E-state index is 0.00333. The molecule has 1 atom stereocenters. The summed E-state index contributed by atoms with van der Waals surface area (Å²) < 4.78 is 64.0. The summed E-state index contributed by atoms with van der Waals surface area (Å²) in [5.74, 6) is -1.77. The van der Waals surface area contributed by atoms with E-state index in [0.29, 0.717) is 5.56 Å². The molecule has 9 heteroatoms. The van der Waals surface area contributed by atoms with Gasteiger partial charge in [0.2, 0.25) is 0 Å². The predicted molar refractivity (Wildman–Crippen MR) is 81.7 cm³/mol. The van der Waals surface area contributed by atoms with Crippen molar-refractivity contribution >= 4 is 20.2 Å². The fourth-order valence-electron chi connectivity index (χ4n) is 2.31. The van der Waals surface area contributed by atoms with Crippen molar-refractivity contribution in [1.29, 1.82) is 0 Å². The highest BCUT2D eigenvalue weighted by atomic mass is 32.2. The fraction of sp³-hybridized carbons (Fsp3) is 0.143. The topological polar surface area (TPSA) is 129 Å². The number of aromatic hydroxyl groups is 1. The van der Waals surface area contributed by atoms with Crippen LogP contribution in [-0.2, 0) is 20.2 Å². The van der Waals surface area contributed by atoms with Crippen molar-refractivity contribution < 1.29 is 31.0 Å². The van der Waals surface area contributed by atoms with E-state index in [1.807, 2.05) is 0 Å². The van der Waals surface area contributed by atoms with Crippen LogP contribution >= 0.6 is 0 Å². The molecule has 0 aromatic heterocycles. The van der Waals surface area contributed by atoms with E-state index in [1.165, 1.54) is 0 Å². The zero-order chi connectivity index (χ0) is 17.4. The molecule has 0 heterocycles. The van der Waals surface area contributed by atoms with Gasteiger partial charge in [0.25, 0.3) is 20.2 Å². The number of rotatable bonds is 4. The zero-order valence-electron chi connectivity index (χ0n) is 11.9. The lowest BCUT2D eigenvalue weighted by Gasteiger charge is -2.17. The van der Waals surface area contributed by atoms with Crippen LogP contribution in [0, 0.1) is 0 Å². The Hall–Kier alpha value is -1.94. The molecular weight excluding hydrogens is 344 g/mol. The summed E-state index contributed by atoms with van der Waals surface area (Å²) >= 11 is 0. The van der Waals surface area contributed by atoms with E-state index in [9.17, 15) is 26.5 Å². The Morgan fingerprint density at radius 2 is 1.43 bits per heavy atom. The minimum atomic E-state index is -4.93. The lowest BCUT2D eigenvalue weighted by Crippen LogP contribution is -2.10. The summed E-state index contributed by atoms with van der Waals surface area (Å²) in [6.45, 7) is 1.63. The average Bonchev–Trinajstić information content (AvgIpc) is 2.44. The molecule has 0 spiro atoms. The van der Waals surface area contributed by atoms with Gasteiger partial charge in [-0.25, -0.2) is 0 Å². The molecule has 0 amide bonds.